The molecule has 0 saturated carbocycles. The molecule has 0 aliphatic rings. The highest BCUT2D eigenvalue weighted by molar-refractivity contribution is 5.77. The number of likely N-dealkylation sites (N-methyl/N-ethyl adjacent to an activating group) is 1. The number of rotatable bonds is 10. The van der Waals surface area contributed by atoms with Crippen LogP contribution in [-0.2, 0) is 20.1 Å². The van der Waals surface area contributed by atoms with Crippen LogP contribution in [0.5, 0.6) is 5.75 Å². The Morgan fingerprint density at radius 1 is 1.05 bits per heavy atom. The summed E-state index contributed by atoms with van der Waals surface area (Å²) in [7, 11) is 3.55. The molecule has 10 heteroatoms. The number of benzene rings is 2. The summed E-state index contributed by atoms with van der Waals surface area (Å²) in [5, 5.41) is 9.48. The second kappa shape index (κ2) is 11.8. The third-order valence-corrected chi connectivity index (χ3v) is 6.86. The Labute approximate surface area is 236 Å². The summed E-state index contributed by atoms with van der Waals surface area (Å²) in [6.45, 7) is 5.27. The molecule has 0 bridgehead atoms. The van der Waals surface area contributed by atoms with Crippen LogP contribution in [0.3, 0.4) is 0 Å². The molecule has 0 atom stereocenters. The third-order valence-electron chi connectivity index (χ3n) is 6.86. The van der Waals surface area contributed by atoms with Crippen LogP contribution < -0.4 is 20.9 Å². The lowest BCUT2D eigenvalue weighted by atomic mass is 10.1. The fraction of sp³-hybridized carbons (Fsp3) is 0.194. The molecule has 5 aromatic rings. The highest BCUT2D eigenvalue weighted by atomic mass is 16.5. The van der Waals surface area contributed by atoms with Gasteiger partial charge in [0.15, 0.2) is 11.2 Å². The molecule has 0 aliphatic carbocycles. The highest BCUT2D eigenvalue weighted by Crippen LogP contribution is 2.25. The van der Waals surface area contributed by atoms with Crippen LogP contribution in [0.1, 0.15) is 11.1 Å². The number of ether oxygens (including phenoxy) is 1. The zero-order chi connectivity index (χ0) is 28.9. The molecule has 2 aromatic carbocycles. The van der Waals surface area contributed by atoms with E-state index < -0.39 is 11.2 Å². The molecular weight excluding hydrogens is 518 g/mol. The van der Waals surface area contributed by atoms with E-state index in [1.54, 1.807) is 48.2 Å². The molecular formula is C31H29N7O3. The maximum absolute atomic E-state index is 13.7. The van der Waals surface area contributed by atoms with E-state index in [2.05, 4.69) is 17.6 Å². The van der Waals surface area contributed by atoms with Crippen molar-refractivity contribution in [2.75, 3.05) is 25.1 Å². The van der Waals surface area contributed by atoms with Crippen LogP contribution in [-0.4, -0.2) is 43.9 Å². The fourth-order valence-corrected chi connectivity index (χ4v) is 4.67. The van der Waals surface area contributed by atoms with Crippen LogP contribution in [0.25, 0.3) is 22.6 Å². The molecule has 0 aliphatic heterocycles. The van der Waals surface area contributed by atoms with E-state index in [-0.39, 0.29) is 17.7 Å². The summed E-state index contributed by atoms with van der Waals surface area (Å²) in [5.41, 5.74) is 1.33. The predicted octanol–water partition coefficient (Wildman–Crippen LogP) is 3.58. The molecule has 0 amide bonds. The molecule has 3 aromatic heterocycles. The number of allylic oxidation sites excluding steroid dienone is 1. The number of imidazole rings is 1. The Balaban J connectivity index is 1.45. The molecule has 0 fully saturated rings. The quantitative estimate of drug-likeness (QED) is 0.246. The van der Waals surface area contributed by atoms with Crippen LogP contribution in [0, 0.1) is 11.3 Å². The number of nitrogens with zero attached hydrogens (tertiary/aromatic N) is 7. The van der Waals surface area contributed by atoms with Gasteiger partial charge < -0.3 is 14.2 Å². The molecule has 0 spiro atoms. The molecule has 0 saturated heterocycles. The second-order valence-electron chi connectivity index (χ2n) is 9.49. The van der Waals surface area contributed by atoms with E-state index in [1.165, 1.54) is 4.57 Å². The normalized spacial score (nSPS) is 10.9. The minimum Gasteiger partial charge on any atom is -0.492 e. The maximum Gasteiger partial charge on any atom is 0.332 e. The van der Waals surface area contributed by atoms with Gasteiger partial charge >= 0.3 is 5.69 Å². The Hall–Kier alpha value is -5.43. The molecule has 0 N–H and O–H groups in total. The number of fused-ring (bicyclic) bond motifs is 1. The summed E-state index contributed by atoms with van der Waals surface area (Å²) < 4.78 is 10.2. The Bertz CT molecular complexity index is 1860. The van der Waals surface area contributed by atoms with Gasteiger partial charge in [-0.1, -0.05) is 30.3 Å². The van der Waals surface area contributed by atoms with Gasteiger partial charge in [-0.3, -0.25) is 13.9 Å². The van der Waals surface area contributed by atoms with Crippen molar-refractivity contribution < 1.29 is 4.74 Å². The lowest BCUT2D eigenvalue weighted by Gasteiger charge is -2.18. The zero-order valence-corrected chi connectivity index (χ0v) is 22.9. The van der Waals surface area contributed by atoms with E-state index in [4.69, 9.17) is 9.72 Å². The Morgan fingerprint density at radius 2 is 1.80 bits per heavy atom. The average molecular weight is 548 g/mol. The maximum atomic E-state index is 13.7. The van der Waals surface area contributed by atoms with Gasteiger partial charge in [-0.05, 0) is 48.0 Å². The van der Waals surface area contributed by atoms with Crippen LogP contribution in [0.2, 0.25) is 0 Å². The number of pyridine rings is 1. The van der Waals surface area contributed by atoms with Crippen LogP contribution in [0.15, 0.2) is 95.2 Å². The minimum atomic E-state index is -0.510. The monoisotopic (exact) mass is 547 g/mol. The van der Waals surface area contributed by atoms with E-state index >= 15 is 0 Å². The summed E-state index contributed by atoms with van der Waals surface area (Å²) in [5.74, 6) is 2.10. The number of hydrogen-bond acceptors (Lipinski definition) is 7. The molecule has 41 heavy (non-hydrogen) atoms. The van der Waals surface area contributed by atoms with Crippen molar-refractivity contribution in [2.24, 2.45) is 7.05 Å². The molecule has 206 valence electrons. The lowest BCUT2D eigenvalue weighted by molar-refractivity contribution is 0.325. The van der Waals surface area contributed by atoms with Crippen LogP contribution in [0.4, 0.5) is 5.82 Å². The zero-order valence-electron chi connectivity index (χ0n) is 22.9. The number of aryl methyl sites for hydroxylation is 1. The van der Waals surface area contributed by atoms with Crippen molar-refractivity contribution in [3.8, 4) is 23.2 Å². The average Bonchev–Trinajstić information content (AvgIpc) is 3.39. The van der Waals surface area contributed by atoms with Crippen molar-refractivity contribution in [1.82, 2.24) is 23.7 Å². The summed E-state index contributed by atoms with van der Waals surface area (Å²) in [4.78, 5) is 38.0. The smallest absolute Gasteiger partial charge is 0.332 e. The highest BCUT2D eigenvalue weighted by Gasteiger charge is 2.21. The first-order chi connectivity index (χ1) is 19.9. The topological polar surface area (TPSA) is 111 Å². The van der Waals surface area contributed by atoms with Gasteiger partial charge in [0, 0.05) is 32.4 Å². The Kier molecular flexibility index (Phi) is 7.78. The lowest BCUT2D eigenvalue weighted by Crippen LogP contribution is -2.40. The largest absolute Gasteiger partial charge is 0.492 e. The number of nitriles is 1. The first-order valence-corrected chi connectivity index (χ1v) is 13.1. The van der Waals surface area contributed by atoms with E-state index in [1.807, 2.05) is 54.4 Å². The van der Waals surface area contributed by atoms with Gasteiger partial charge in [-0.15, -0.1) is 6.58 Å². The standard InChI is InChI=1S/C31H29N7O3/c1-4-17-37-27-29(36(3)31(40)38(30(27)39)21-24-10-6-5-9-23(24)20-32)34-28(37)22-12-14-25(15-13-22)41-19-18-35(2)26-11-7-8-16-33-26/h4-16H,1,17-19,21H2,2-3H3. The number of aromatic nitrogens is 5. The molecule has 3 heterocycles. The van der Waals surface area contributed by atoms with Crippen LogP contribution >= 0.6 is 0 Å². The van der Waals surface area contributed by atoms with Crippen molar-refractivity contribution >= 4 is 17.0 Å². The summed E-state index contributed by atoms with van der Waals surface area (Å²) in [6, 6.07) is 22.3. The number of hydrogen-bond donors (Lipinski definition) is 0. The van der Waals surface area contributed by atoms with Crippen molar-refractivity contribution in [3.05, 3.63) is 118 Å². The van der Waals surface area contributed by atoms with Gasteiger partial charge in [0.1, 0.15) is 24.0 Å². The van der Waals surface area contributed by atoms with E-state index in [0.29, 0.717) is 42.4 Å². The van der Waals surface area contributed by atoms with Gasteiger partial charge in [0.05, 0.1) is 24.7 Å². The molecule has 10 nitrogen and oxygen atoms in total. The van der Waals surface area contributed by atoms with Crippen molar-refractivity contribution in [1.29, 1.82) is 5.26 Å². The molecule has 0 unspecified atom stereocenters. The van der Waals surface area contributed by atoms with Crippen molar-refractivity contribution in [2.45, 2.75) is 13.1 Å². The first kappa shape index (κ1) is 27.1. The third kappa shape index (κ3) is 5.38. The molecule has 5 rings (SSSR count). The summed E-state index contributed by atoms with van der Waals surface area (Å²) >= 11 is 0. The Morgan fingerprint density at radius 3 is 2.51 bits per heavy atom. The number of anilines is 1. The first-order valence-electron chi connectivity index (χ1n) is 13.1. The SMILES string of the molecule is C=CCn1c(-c2ccc(OCCN(C)c3ccccn3)cc2)nc2c1c(=O)n(Cc1ccccc1C#N)c(=O)n2C. The van der Waals surface area contributed by atoms with E-state index in [9.17, 15) is 14.9 Å². The van der Waals surface area contributed by atoms with Gasteiger partial charge in [0.25, 0.3) is 5.56 Å². The van der Waals surface area contributed by atoms with Gasteiger partial charge in [-0.25, -0.2) is 14.8 Å². The van der Waals surface area contributed by atoms with E-state index in [0.717, 1.165) is 15.9 Å². The minimum absolute atomic E-state index is 0.0264. The van der Waals surface area contributed by atoms with Gasteiger partial charge in [-0.2, -0.15) is 5.26 Å². The summed E-state index contributed by atoms with van der Waals surface area (Å²) in [6.07, 6.45) is 3.44. The fourth-order valence-electron chi connectivity index (χ4n) is 4.67. The van der Waals surface area contributed by atoms with Crippen molar-refractivity contribution in [3.63, 3.8) is 0 Å². The van der Waals surface area contributed by atoms with Gasteiger partial charge in [0.2, 0.25) is 0 Å². The second-order valence-corrected chi connectivity index (χ2v) is 9.49. The molecule has 0 radical (unpaired) electrons. The predicted molar refractivity (Wildman–Crippen MR) is 158 cm³/mol.